The van der Waals surface area contributed by atoms with Gasteiger partial charge in [0, 0.05) is 16.0 Å². The zero-order chi connectivity index (χ0) is 16.3. The lowest BCUT2D eigenvalue weighted by Gasteiger charge is -1.98. The molecule has 5 heteroatoms. The number of rotatable bonds is 4. The van der Waals surface area contributed by atoms with Gasteiger partial charge in [-0.15, -0.1) is 0 Å². The largest absolute Gasteiger partial charge is 0.457 e. The first-order chi connectivity index (χ1) is 11.0. The molecule has 0 fully saturated rings. The first-order valence-corrected chi connectivity index (χ1v) is 8.81. The summed E-state index contributed by atoms with van der Waals surface area (Å²) in [6.07, 6.45) is 1.45. The minimum atomic E-state index is -3.48. The Morgan fingerprint density at radius 1 is 0.870 bits per heavy atom. The molecule has 116 valence electrons. The van der Waals surface area contributed by atoms with E-state index in [1.807, 2.05) is 12.1 Å². The van der Waals surface area contributed by atoms with E-state index in [4.69, 9.17) is 16.0 Å². The molecular weight excluding hydrogens is 332 g/mol. The molecule has 23 heavy (non-hydrogen) atoms. The lowest BCUT2D eigenvalue weighted by molar-refractivity contribution is 0.571. The summed E-state index contributed by atoms with van der Waals surface area (Å²) >= 11 is 5.85. The lowest BCUT2D eigenvalue weighted by Crippen LogP contribution is -1.94. The molecule has 0 aliphatic rings. The molecule has 2 aromatic carbocycles. The highest BCUT2D eigenvalue weighted by Gasteiger charge is 2.10. The van der Waals surface area contributed by atoms with Crippen LogP contribution in [-0.2, 0) is 9.84 Å². The van der Waals surface area contributed by atoms with Gasteiger partial charge in [-0.05, 0) is 54.6 Å². The fraction of sp³-hybridized carbons (Fsp3) is 0. The summed E-state index contributed by atoms with van der Waals surface area (Å²) in [5.41, 5.74) is 0.875. The highest BCUT2D eigenvalue weighted by Crippen LogP contribution is 2.24. The first-order valence-electron chi connectivity index (χ1n) is 6.89. The maximum atomic E-state index is 12.2. The van der Waals surface area contributed by atoms with Crippen molar-refractivity contribution >= 4 is 27.5 Å². The van der Waals surface area contributed by atoms with Gasteiger partial charge in [-0.2, -0.15) is 0 Å². The topological polar surface area (TPSA) is 47.3 Å². The molecule has 0 aliphatic carbocycles. The van der Waals surface area contributed by atoms with Crippen molar-refractivity contribution < 1.29 is 12.8 Å². The van der Waals surface area contributed by atoms with E-state index in [0.29, 0.717) is 16.5 Å². The van der Waals surface area contributed by atoms with E-state index in [1.54, 1.807) is 54.6 Å². The van der Waals surface area contributed by atoms with Crippen LogP contribution in [0.25, 0.3) is 17.4 Å². The van der Waals surface area contributed by atoms with Crippen molar-refractivity contribution in [2.75, 3.05) is 0 Å². The normalized spacial score (nSPS) is 11.9. The number of hydrogen-bond donors (Lipinski definition) is 0. The molecule has 0 spiro atoms. The summed E-state index contributed by atoms with van der Waals surface area (Å²) < 4.78 is 30.0. The van der Waals surface area contributed by atoms with Crippen LogP contribution in [0.4, 0.5) is 0 Å². The minimum absolute atomic E-state index is 0.251. The average molecular weight is 345 g/mol. The van der Waals surface area contributed by atoms with Crippen LogP contribution in [0.3, 0.4) is 0 Å². The Balaban J connectivity index is 1.83. The molecule has 0 unspecified atom stereocenters. The first kappa shape index (κ1) is 15.6. The fourth-order valence-electron chi connectivity index (χ4n) is 2.06. The van der Waals surface area contributed by atoms with Crippen LogP contribution in [0, 0.1) is 0 Å². The van der Waals surface area contributed by atoms with Crippen LogP contribution in [0.15, 0.2) is 81.5 Å². The summed E-state index contributed by atoms with van der Waals surface area (Å²) in [7, 11) is -3.48. The number of halogens is 1. The van der Waals surface area contributed by atoms with Crippen molar-refractivity contribution in [1.82, 2.24) is 0 Å². The third-order valence-electron chi connectivity index (χ3n) is 3.24. The fourth-order valence-corrected chi connectivity index (χ4v) is 3.19. The second-order valence-electron chi connectivity index (χ2n) is 4.87. The maximum Gasteiger partial charge on any atom is 0.199 e. The zero-order valence-electron chi connectivity index (χ0n) is 12.0. The van der Waals surface area contributed by atoms with Crippen LogP contribution in [-0.4, -0.2) is 8.42 Å². The summed E-state index contributed by atoms with van der Waals surface area (Å²) in [5, 5.41) is 1.79. The van der Waals surface area contributed by atoms with Gasteiger partial charge >= 0.3 is 0 Å². The van der Waals surface area contributed by atoms with Crippen molar-refractivity contribution in [1.29, 1.82) is 0 Å². The second-order valence-corrected chi connectivity index (χ2v) is 7.14. The second kappa shape index (κ2) is 6.44. The highest BCUT2D eigenvalue weighted by atomic mass is 35.5. The lowest BCUT2D eigenvalue weighted by atomic mass is 10.2. The average Bonchev–Trinajstić information content (AvgIpc) is 3.04. The van der Waals surface area contributed by atoms with E-state index >= 15 is 0 Å². The Morgan fingerprint density at radius 2 is 1.57 bits per heavy atom. The van der Waals surface area contributed by atoms with E-state index in [1.165, 1.54) is 6.08 Å². The molecular formula is C18H13ClO3S. The number of benzene rings is 2. The monoisotopic (exact) mass is 344 g/mol. The highest BCUT2D eigenvalue weighted by molar-refractivity contribution is 7.94. The molecule has 3 rings (SSSR count). The zero-order valence-corrected chi connectivity index (χ0v) is 13.6. The summed E-state index contributed by atoms with van der Waals surface area (Å²) in [5.74, 6) is 1.12. The van der Waals surface area contributed by atoms with Gasteiger partial charge in [0.05, 0.1) is 4.90 Å². The van der Waals surface area contributed by atoms with Crippen molar-refractivity contribution in [2.45, 2.75) is 4.90 Å². The van der Waals surface area contributed by atoms with Gasteiger partial charge in [0.2, 0.25) is 0 Å². The van der Waals surface area contributed by atoms with Crippen LogP contribution in [0.1, 0.15) is 5.76 Å². The van der Waals surface area contributed by atoms with Crippen molar-refractivity contribution in [3.8, 4) is 11.3 Å². The van der Waals surface area contributed by atoms with Crippen molar-refractivity contribution in [2.24, 2.45) is 0 Å². The van der Waals surface area contributed by atoms with E-state index in [2.05, 4.69) is 0 Å². The molecule has 3 aromatic rings. The summed E-state index contributed by atoms with van der Waals surface area (Å²) in [4.78, 5) is 0.251. The van der Waals surface area contributed by atoms with Gasteiger partial charge in [0.25, 0.3) is 0 Å². The molecule has 1 heterocycles. The molecule has 0 amide bonds. The van der Waals surface area contributed by atoms with E-state index in [9.17, 15) is 8.42 Å². The molecule has 0 bridgehead atoms. The molecule has 1 aromatic heterocycles. The Morgan fingerprint density at radius 3 is 2.26 bits per heavy atom. The molecule has 0 atom stereocenters. The SMILES string of the molecule is O=S(=O)(/C=C/c1ccc(-c2ccc(Cl)cc2)o1)c1ccccc1. The van der Waals surface area contributed by atoms with Gasteiger partial charge in [-0.25, -0.2) is 8.42 Å². The third kappa shape index (κ3) is 3.73. The maximum absolute atomic E-state index is 12.2. The molecule has 0 aliphatic heterocycles. The number of hydrogen-bond acceptors (Lipinski definition) is 3. The van der Waals surface area contributed by atoms with Crippen LogP contribution < -0.4 is 0 Å². The predicted octanol–water partition coefficient (Wildman–Crippen LogP) is 5.04. The molecule has 0 saturated carbocycles. The molecule has 0 saturated heterocycles. The van der Waals surface area contributed by atoms with E-state index < -0.39 is 9.84 Å². The van der Waals surface area contributed by atoms with Gasteiger partial charge in [-0.1, -0.05) is 29.8 Å². The Kier molecular flexibility index (Phi) is 4.37. The molecule has 0 radical (unpaired) electrons. The van der Waals surface area contributed by atoms with Crippen LogP contribution >= 0.6 is 11.6 Å². The minimum Gasteiger partial charge on any atom is -0.457 e. The van der Waals surface area contributed by atoms with Gasteiger partial charge in [0.1, 0.15) is 11.5 Å². The van der Waals surface area contributed by atoms with Crippen LogP contribution in [0.5, 0.6) is 0 Å². The van der Waals surface area contributed by atoms with Gasteiger partial charge in [0.15, 0.2) is 9.84 Å². The predicted molar refractivity (Wildman–Crippen MR) is 91.8 cm³/mol. The molecule has 3 nitrogen and oxygen atoms in total. The van der Waals surface area contributed by atoms with Gasteiger partial charge < -0.3 is 4.42 Å². The van der Waals surface area contributed by atoms with Gasteiger partial charge in [-0.3, -0.25) is 0 Å². The van der Waals surface area contributed by atoms with Crippen molar-refractivity contribution in [3.63, 3.8) is 0 Å². The Hall–Kier alpha value is -2.30. The summed E-state index contributed by atoms with van der Waals surface area (Å²) in [6.45, 7) is 0. The van der Waals surface area contributed by atoms with E-state index in [-0.39, 0.29) is 4.90 Å². The van der Waals surface area contributed by atoms with Crippen molar-refractivity contribution in [3.05, 3.63) is 82.9 Å². The van der Waals surface area contributed by atoms with Crippen LogP contribution in [0.2, 0.25) is 5.02 Å². The molecule has 0 N–H and O–H groups in total. The Labute approximate surface area is 139 Å². The standard InChI is InChI=1S/C18H13ClO3S/c19-15-8-6-14(7-9-15)18-11-10-16(22-18)12-13-23(20,21)17-4-2-1-3-5-17/h1-13H/b13-12+. The number of furan rings is 1. The quantitative estimate of drug-likeness (QED) is 0.665. The summed E-state index contributed by atoms with van der Waals surface area (Å²) in [6, 6.07) is 19.0. The third-order valence-corrected chi connectivity index (χ3v) is 4.91. The van der Waals surface area contributed by atoms with E-state index in [0.717, 1.165) is 11.0 Å². The Bertz CT molecular complexity index is 924. The number of sulfone groups is 1. The smallest absolute Gasteiger partial charge is 0.199 e.